The summed E-state index contributed by atoms with van der Waals surface area (Å²) in [6.07, 6.45) is 5.46. The average molecular weight is 258 g/mol. The van der Waals surface area contributed by atoms with Gasteiger partial charge in [-0.15, -0.1) is 0 Å². The molecule has 102 valence electrons. The number of hydrogen-bond donors (Lipinski definition) is 2. The molecule has 0 radical (unpaired) electrons. The summed E-state index contributed by atoms with van der Waals surface area (Å²) in [5, 5.41) is 13.0. The van der Waals surface area contributed by atoms with Crippen LogP contribution in [-0.2, 0) is 13.1 Å². The Balaban J connectivity index is 1.90. The Morgan fingerprint density at radius 2 is 2.16 bits per heavy atom. The lowest BCUT2D eigenvalue weighted by atomic mass is 10.1. The van der Waals surface area contributed by atoms with E-state index in [0.717, 1.165) is 25.1 Å². The Hall–Kier alpha value is -1.74. The van der Waals surface area contributed by atoms with E-state index in [1.165, 1.54) is 5.56 Å². The van der Waals surface area contributed by atoms with Crippen LogP contribution >= 0.6 is 0 Å². The minimum atomic E-state index is 0.224. The zero-order chi connectivity index (χ0) is 13.7. The van der Waals surface area contributed by atoms with Crippen LogP contribution in [0.25, 0.3) is 0 Å². The maximum absolute atomic E-state index is 9.48. The van der Waals surface area contributed by atoms with Crippen molar-refractivity contribution in [2.24, 2.45) is 0 Å². The van der Waals surface area contributed by atoms with E-state index in [9.17, 15) is 5.11 Å². The van der Waals surface area contributed by atoms with Gasteiger partial charge in [0.15, 0.2) is 0 Å². The predicted octanol–water partition coefficient (Wildman–Crippen LogP) is 3.45. The van der Waals surface area contributed by atoms with Gasteiger partial charge in [0.2, 0.25) is 0 Å². The van der Waals surface area contributed by atoms with Gasteiger partial charge in [0.1, 0.15) is 5.75 Å². The Bertz CT molecular complexity index is 519. The van der Waals surface area contributed by atoms with Gasteiger partial charge in [0.05, 0.1) is 0 Å². The van der Waals surface area contributed by atoms with Crippen molar-refractivity contribution in [3.8, 4) is 5.75 Å². The van der Waals surface area contributed by atoms with Crippen LogP contribution in [0.5, 0.6) is 5.75 Å². The number of benzene rings is 1. The molecule has 0 saturated heterocycles. The highest BCUT2D eigenvalue weighted by molar-refractivity contribution is 5.29. The van der Waals surface area contributed by atoms with Crippen LogP contribution in [0.4, 0.5) is 0 Å². The molecule has 2 aromatic rings. The smallest absolute Gasteiger partial charge is 0.115 e. The third-order valence-corrected chi connectivity index (χ3v) is 3.28. The molecule has 1 aromatic carbocycles. The summed E-state index contributed by atoms with van der Waals surface area (Å²) in [7, 11) is 0. The van der Waals surface area contributed by atoms with E-state index in [2.05, 4.69) is 42.2 Å². The fourth-order valence-electron chi connectivity index (χ4n) is 2.18. The molecule has 0 aliphatic carbocycles. The van der Waals surface area contributed by atoms with Gasteiger partial charge in [0.25, 0.3) is 0 Å². The van der Waals surface area contributed by atoms with E-state index < -0.39 is 0 Å². The third-order valence-electron chi connectivity index (χ3n) is 3.28. The predicted molar refractivity (Wildman–Crippen MR) is 78.1 cm³/mol. The summed E-state index contributed by atoms with van der Waals surface area (Å²) in [5.74, 6) is 0.320. The monoisotopic (exact) mass is 258 g/mol. The molecule has 0 spiro atoms. The minimum absolute atomic E-state index is 0.224. The topological polar surface area (TPSA) is 37.2 Å². The molecule has 1 heterocycles. The van der Waals surface area contributed by atoms with Crippen molar-refractivity contribution in [2.45, 2.75) is 39.4 Å². The maximum Gasteiger partial charge on any atom is 0.115 e. The highest BCUT2D eigenvalue weighted by atomic mass is 16.3. The molecule has 19 heavy (non-hydrogen) atoms. The normalized spacial score (nSPS) is 12.5. The number of nitrogens with one attached hydrogen (secondary N) is 1. The van der Waals surface area contributed by atoms with E-state index in [1.54, 1.807) is 12.1 Å². The Morgan fingerprint density at radius 3 is 2.89 bits per heavy atom. The van der Waals surface area contributed by atoms with Crippen LogP contribution in [-0.4, -0.2) is 9.67 Å². The van der Waals surface area contributed by atoms with E-state index in [1.807, 2.05) is 12.1 Å². The number of aromatic hydroxyl groups is 1. The van der Waals surface area contributed by atoms with Crippen LogP contribution in [0.3, 0.4) is 0 Å². The number of nitrogens with zero attached hydrogens (tertiary/aromatic N) is 1. The first-order valence-electron chi connectivity index (χ1n) is 6.86. The summed E-state index contributed by atoms with van der Waals surface area (Å²) in [5.41, 5.74) is 2.40. The molecule has 0 bridgehead atoms. The van der Waals surface area contributed by atoms with E-state index in [0.29, 0.717) is 5.75 Å². The molecule has 0 aliphatic rings. The molecule has 0 saturated carbocycles. The maximum atomic E-state index is 9.48. The van der Waals surface area contributed by atoms with Gasteiger partial charge in [-0.1, -0.05) is 19.1 Å². The van der Waals surface area contributed by atoms with Gasteiger partial charge in [-0.05, 0) is 42.7 Å². The zero-order valence-corrected chi connectivity index (χ0v) is 11.6. The van der Waals surface area contributed by atoms with Crippen molar-refractivity contribution in [2.75, 3.05) is 0 Å². The molecule has 0 aliphatic heterocycles. The van der Waals surface area contributed by atoms with Crippen LogP contribution in [0.2, 0.25) is 0 Å². The first-order chi connectivity index (χ1) is 9.19. The van der Waals surface area contributed by atoms with Crippen molar-refractivity contribution < 1.29 is 5.11 Å². The first-order valence-corrected chi connectivity index (χ1v) is 6.86. The van der Waals surface area contributed by atoms with E-state index >= 15 is 0 Å². The van der Waals surface area contributed by atoms with Gasteiger partial charge in [-0.3, -0.25) is 0 Å². The lowest BCUT2D eigenvalue weighted by molar-refractivity contribution is 0.472. The van der Waals surface area contributed by atoms with Gasteiger partial charge < -0.3 is 15.0 Å². The summed E-state index contributed by atoms with van der Waals surface area (Å²) >= 11 is 0. The van der Waals surface area contributed by atoms with Crippen LogP contribution < -0.4 is 5.32 Å². The molecule has 1 aromatic heterocycles. The number of phenolic OH excluding ortho intramolecular Hbond substituents is 1. The van der Waals surface area contributed by atoms with Crippen molar-refractivity contribution in [1.82, 2.24) is 9.88 Å². The third kappa shape index (κ3) is 3.86. The summed E-state index contributed by atoms with van der Waals surface area (Å²) in [4.78, 5) is 0. The summed E-state index contributed by atoms with van der Waals surface area (Å²) in [6.45, 7) is 6.20. The Kier molecular flexibility index (Phi) is 4.63. The van der Waals surface area contributed by atoms with Crippen molar-refractivity contribution in [3.63, 3.8) is 0 Å². The molecule has 2 rings (SSSR count). The molecule has 1 unspecified atom stereocenters. The standard InChI is InChI=1S/C16H22N2O/c1-3-8-18-9-7-14(12-18)11-17-13(2)15-5-4-6-16(19)10-15/h4-7,9-10,12-13,17,19H,3,8,11H2,1-2H3. The molecular weight excluding hydrogens is 236 g/mol. The number of rotatable bonds is 6. The second kappa shape index (κ2) is 6.43. The number of aryl methyl sites for hydroxylation is 1. The summed E-state index contributed by atoms with van der Waals surface area (Å²) < 4.78 is 2.22. The fourth-order valence-corrected chi connectivity index (χ4v) is 2.18. The molecule has 0 fully saturated rings. The van der Waals surface area contributed by atoms with E-state index in [-0.39, 0.29) is 6.04 Å². The molecular formula is C16H22N2O. The Labute approximate surface area is 114 Å². The SMILES string of the molecule is CCCn1ccc(CNC(C)c2cccc(O)c2)c1. The van der Waals surface area contributed by atoms with E-state index in [4.69, 9.17) is 0 Å². The largest absolute Gasteiger partial charge is 0.508 e. The zero-order valence-electron chi connectivity index (χ0n) is 11.6. The minimum Gasteiger partial charge on any atom is -0.508 e. The molecule has 3 nitrogen and oxygen atoms in total. The second-order valence-corrected chi connectivity index (χ2v) is 4.96. The van der Waals surface area contributed by atoms with Gasteiger partial charge in [0, 0.05) is 31.5 Å². The van der Waals surface area contributed by atoms with Crippen molar-refractivity contribution >= 4 is 0 Å². The average Bonchev–Trinajstić information content (AvgIpc) is 2.84. The lowest BCUT2D eigenvalue weighted by Crippen LogP contribution is -2.17. The quantitative estimate of drug-likeness (QED) is 0.832. The molecule has 3 heteroatoms. The number of hydrogen-bond acceptors (Lipinski definition) is 2. The first kappa shape index (κ1) is 13.7. The molecule has 0 amide bonds. The van der Waals surface area contributed by atoms with Gasteiger partial charge >= 0.3 is 0 Å². The number of phenols is 1. The Morgan fingerprint density at radius 1 is 1.32 bits per heavy atom. The second-order valence-electron chi connectivity index (χ2n) is 4.96. The highest BCUT2D eigenvalue weighted by Gasteiger charge is 2.06. The van der Waals surface area contributed by atoms with Crippen LogP contribution in [0.15, 0.2) is 42.7 Å². The van der Waals surface area contributed by atoms with Gasteiger partial charge in [-0.25, -0.2) is 0 Å². The van der Waals surface area contributed by atoms with Crippen LogP contribution in [0.1, 0.15) is 37.4 Å². The van der Waals surface area contributed by atoms with Crippen LogP contribution in [0, 0.1) is 0 Å². The number of aromatic nitrogens is 1. The molecule has 2 N–H and O–H groups in total. The summed E-state index contributed by atoms with van der Waals surface area (Å²) in [6, 6.07) is 9.78. The van der Waals surface area contributed by atoms with Crippen molar-refractivity contribution in [1.29, 1.82) is 0 Å². The fraction of sp³-hybridized carbons (Fsp3) is 0.375. The molecule has 1 atom stereocenters. The van der Waals surface area contributed by atoms with Crippen molar-refractivity contribution in [3.05, 3.63) is 53.9 Å². The van der Waals surface area contributed by atoms with Gasteiger partial charge in [-0.2, -0.15) is 0 Å². The highest BCUT2D eigenvalue weighted by Crippen LogP contribution is 2.18. The lowest BCUT2D eigenvalue weighted by Gasteiger charge is -2.13.